The minimum atomic E-state index is -1.03. The molecule has 0 radical (unpaired) electrons. The van der Waals surface area contributed by atoms with Gasteiger partial charge in [0.1, 0.15) is 5.69 Å². The maximum atomic E-state index is 12.0. The number of hydrogen-bond donors (Lipinski definition) is 1. The van der Waals surface area contributed by atoms with Crippen LogP contribution in [0.1, 0.15) is 46.3 Å². The first kappa shape index (κ1) is 14.2. The Balaban J connectivity index is 2.87. The summed E-state index contributed by atoms with van der Waals surface area (Å²) in [5.41, 5.74) is 0.774. The number of carbonyl (C=O) groups excluding carboxylic acids is 1. The van der Waals surface area contributed by atoms with Crippen LogP contribution in [-0.2, 0) is 0 Å². The molecular weight excluding hydrogens is 232 g/mol. The van der Waals surface area contributed by atoms with Gasteiger partial charge in [-0.05, 0) is 25.5 Å². The van der Waals surface area contributed by atoms with Crippen molar-refractivity contribution in [2.45, 2.75) is 26.7 Å². The molecule has 98 valence electrons. The van der Waals surface area contributed by atoms with Crippen LogP contribution in [0.15, 0.2) is 12.1 Å². The minimum absolute atomic E-state index is 0.128. The molecule has 0 aliphatic rings. The van der Waals surface area contributed by atoms with E-state index in [1.807, 2.05) is 0 Å². The Labute approximate surface area is 106 Å². The number of carbonyl (C=O) groups is 2. The van der Waals surface area contributed by atoms with Crippen LogP contribution in [-0.4, -0.2) is 40.5 Å². The molecule has 5 nitrogen and oxygen atoms in total. The molecule has 1 amide bonds. The average Bonchev–Trinajstić information content (AvgIpc) is 2.34. The lowest BCUT2D eigenvalue weighted by molar-refractivity contribution is 0.0693. The van der Waals surface area contributed by atoms with Gasteiger partial charge >= 0.3 is 5.97 Å². The third kappa shape index (κ3) is 3.29. The first-order chi connectivity index (χ1) is 8.47. The molecule has 1 heterocycles. The quantitative estimate of drug-likeness (QED) is 0.867. The maximum Gasteiger partial charge on any atom is 0.337 e. The molecule has 0 unspecified atom stereocenters. The van der Waals surface area contributed by atoms with Crippen LogP contribution in [0.4, 0.5) is 0 Å². The molecule has 1 aromatic heterocycles. The summed E-state index contributed by atoms with van der Waals surface area (Å²) in [5.74, 6) is -1.21. The first-order valence-electron chi connectivity index (χ1n) is 5.93. The zero-order valence-electron chi connectivity index (χ0n) is 10.9. The maximum absolute atomic E-state index is 12.0. The fourth-order valence-corrected chi connectivity index (χ4v) is 1.60. The van der Waals surface area contributed by atoms with Gasteiger partial charge in [-0.1, -0.05) is 13.3 Å². The lowest BCUT2D eigenvalue weighted by atomic mass is 10.2. The molecule has 0 fully saturated rings. The van der Waals surface area contributed by atoms with Crippen LogP contribution in [0, 0.1) is 6.92 Å². The number of hydrogen-bond acceptors (Lipinski definition) is 3. The van der Waals surface area contributed by atoms with E-state index in [0.717, 1.165) is 12.8 Å². The summed E-state index contributed by atoms with van der Waals surface area (Å²) in [6, 6.07) is 2.88. The number of aromatic nitrogens is 1. The number of carboxylic acid groups (broad SMARTS) is 1. The van der Waals surface area contributed by atoms with Gasteiger partial charge in [0.05, 0.1) is 11.3 Å². The smallest absolute Gasteiger partial charge is 0.337 e. The Kier molecular flexibility index (Phi) is 4.83. The van der Waals surface area contributed by atoms with E-state index >= 15 is 0 Å². The molecule has 1 aromatic rings. The van der Waals surface area contributed by atoms with Crippen molar-refractivity contribution in [3.8, 4) is 0 Å². The van der Waals surface area contributed by atoms with E-state index in [0.29, 0.717) is 12.2 Å². The molecule has 0 aromatic carbocycles. The van der Waals surface area contributed by atoms with E-state index in [9.17, 15) is 9.59 Å². The van der Waals surface area contributed by atoms with Crippen LogP contribution in [0.5, 0.6) is 0 Å². The van der Waals surface area contributed by atoms with Gasteiger partial charge in [-0.25, -0.2) is 9.78 Å². The van der Waals surface area contributed by atoms with E-state index in [1.165, 1.54) is 12.1 Å². The highest BCUT2D eigenvalue weighted by atomic mass is 16.4. The zero-order chi connectivity index (χ0) is 13.7. The van der Waals surface area contributed by atoms with Gasteiger partial charge in [-0.2, -0.15) is 0 Å². The Morgan fingerprint density at radius 3 is 2.56 bits per heavy atom. The van der Waals surface area contributed by atoms with Gasteiger partial charge in [0.15, 0.2) is 0 Å². The molecule has 0 saturated carbocycles. The summed E-state index contributed by atoms with van der Waals surface area (Å²) < 4.78 is 0. The third-order valence-corrected chi connectivity index (χ3v) is 2.73. The number of unbranched alkanes of at least 4 members (excludes halogenated alkanes) is 1. The monoisotopic (exact) mass is 250 g/mol. The number of aryl methyl sites for hydroxylation is 1. The topological polar surface area (TPSA) is 70.5 Å². The Hall–Kier alpha value is -1.91. The number of nitrogens with zero attached hydrogens (tertiary/aromatic N) is 2. The number of rotatable bonds is 5. The van der Waals surface area contributed by atoms with Crippen molar-refractivity contribution < 1.29 is 14.7 Å². The second kappa shape index (κ2) is 6.14. The fourth-order valence-electron chi connectivity index (χ4n) is 1.60. The molecule has 5 heteroatoms. The third-order valence-electron chi connectivity index (χ3n) is 2.73. The van der Waals surface area contributed by atoms with Crippen molar-refractivity contribution in [2.75, 3.05) is 13.6 Å². The van der Waals surface area contributed by atoms with Crippen LogP contribution in [0.25, 0.3) is 0 Å². The molecule has 0 atom stereocenters. The predicted octanol–water partition coefficient (Wildman–Crippen LogP) is 1.96. The lowest BCUT2D eigenvalue weighted by Gasteiger charge is -2.16. The van der Waals surface area contributed by atoms with Gasteiger partial charge in [-0.3, -0.25) is 4.79 Å². The van der Waals surface area contributed by atoms with Crippen molar-refractivity contribution in [1.29, 1.82) is 0 Å². The van der Waals surface area contributed by atoms with Crippen LogP contribution in [0.2, 0.25) is 0 Å². The number of pyridine rings is 1. The lowest BCUT2D eigenvalue weighted by Crippen LogP contribution is -2.28. The highest BCUT2D eigenvalue weighted by Crippen LogP contribution is 2.09. The summed E-state index contributed by atoms with van der Waals surface area (Å²) >= 11 is 0. The van der Waals surface area contributed by atoms with E-state index in [4.69, 9.17) is 5.11 Å². The van der Waals surface area contributed by atoms with E-state index in [2.05, 4.69) is 11.9 Å². The molecule has 0 saturated heterocycles. The summed E-state index contributed by atoms with van der Waals surface area (Å²) in [6.07, 6.45) is 1.95. The predicted molar refractivity (Wildman–Crippen MR) is 67.8 cm³/mol. The summed E-state index contributed by atoms with van der Waals surface area (Å²) in [5, 5.41) is 8.89. The highest BCUT2D eigenvalue weighted by Gasteiger charge is 2.15. The molecule has 18 heavy (non-hydrogen) atoms. The van der Waals surface area contributed by atoms with Crippen LogP contribution < -0.4 is 0 Å². The van der Waals surface area contributed by atoms with Gasteiger partial charge in [0.25, 0.3) is 5.91 Å². The van der Waals surface area contributed by atoms with Crippen molar-refractivity contribution in [1.82, 2.24) is 9.88 Å². The molecule has 0 bridgehead atoms. The minimum Gasteiger partial charge on any atom is -0.478 e. The normalized spacial score (nSPS) is 10.2. The number of amides is 1. The van der Waals surface area contributed by atoms with Crippen molar-refractivity contribution in [3.63, 3.8) is 0 Å². The summed E-state index contributed by atoms with van der Waals surface area (Å²) in [7, 11) is 1.72. The summed E-state index contributed by atoms with van der Waals surface area (Å²) in [6.45, 7) is 4.32. The Bertz CT molecular complexity index is 458. The number of carboxylic acids is 1. The van der Waals surface area contributed by atoms with Crippen LogP contribution >= 0.6 is 0 Å². The molecule has 0 aliphatic carbocycles. The Morgan fingerprint density at radius 1 is 1.39 bits per heavy atom. The molecule has 0 aliphatic heterocycles. The van der Waals surface area contributed by atoms with Gasteiger partial charge in [0, 0.05) is 13.6 Å². The standard InChI is InChI=1S/C13H18N2O3/c1-4-5-8-15(3)12(16)11-7-6-10(13(17)18)9(2)14-11/h6-7H,4-5,8H2,1-3H3,(H,17,18). The second-order valence-electron chi connectivity index (χ2n) is 4.21. The van der Waals surface area contributed by atoms with Crippen molar-refractivity contribution in [3.05, 3.63) is 29.1 Å². The van der Waals surface area contributed by atoms with E-state index in [-0.39, 0.29) is 17.2 Å². The molecule has 1 rings (SSSR count). The average molecular weight is 250 g/mol. The largest absolute Gasteiger partial charge is 0.478 e. The highest BCUT2D eigenvalue weighted by molar-refractivity contribution is 5.94. The van der Waals surface area contributed by atoms with E-state index in [1.54, 1.807) is 18.9 Å². The zero-order valence-corrected chi connectivity index (χ0v) is 10.9. The van der Waals surface area contributed by atoms with Crippen molar-refractivity contribution >= 4 is 11.9 Å². The Morgan fingerprint density at radius 2 is 2.06 bits per heavy atom. The molecule has 0 spiro atoms. The summed E-state index contributed by atoms with van der Waals surface area (Å²) in [4.78, 5) is 28.5. The SMILES string of the molecule is CCCCN(C)C(=O)c1ccc(C(=O)O)c(C)n1. The van der Waals surface area contributed by atoms with Gasteiger partial charge in [0.2, 0.25) is 0 Å². The molecular formula is C13H18N2O3. The number of aromatic carboxylic acids is 1. The first-order valence-corrected chi connectivity index (χ1v) is 5.93. The molecule has 1 N–H and O–H groups in total. The second-order valence-corrected chi connectivity index (χ2v) is 4.21. The fraction of sp³-hybridized carbons (Fsp3) is 0.462. The van der Waals surface area contributed by atoms with Gasteiger partial charge in [-0.15, -0.1) is 0 Å². The van der Waals surface area contributed by atoms with Crippen LogP contribution in [0.3, 0.4) is 0 Å². The van der Waals surface area contributed by atoms with Gasteiger partial charge < -0.3 is 10.0 Å². The van der Waals surface area contributed by atoms with Crippen molar-refractivity contribution in [2.24, 2.45) is 0 Å². The van der Waals surface area contributed by atoms with E-state index < -0.39 is 5.97 Å².